The standard InChI is InChI=1S/C28H26N4O/c29-21-25-28(33-26(30-25)20-22-10-4-1-5-11-22)32-18-16-31(17-19-32)27(23-12-6-2-7-13-23)24-14-8-3-9-15-24/h1-15,27H,16-20H2/p+1. The van der Waals surface area contributed by atoms with E-state index in [1.54, 1.807) is 0 Å². The molecular weight excluding hydrogens is 408 g/mol. The van der Waals surface area contributed by atoms with Gasteiger partial charge in [0.1, 0.15) is 12.1 Å². The third-order valence-corrected chi connectivity index (χ3v) is 6.32. The maximum absolute atomic E-state index is 9.66. The maximum atomic E-state index is 9.66. The number of piperazine rings is 1. The Hall–Kier alpha value is -3.88. The summed E-state index contributed by atoms with van der Waals surface area (Å²) in [7, 11) is 0. The molecule has 1 aromatic heterocycles. The van der Waals surface area contributed by atoms with E-state index in [1.165, 1.54) is 16.0 Å². The highest BCUT2D eigenvalue weighted by Crippen LogP contribution is 2.24. The van der Waals surface area contributed by atoms with E-state index in [-0.39, 0.29) is 6.04 Å². The number of quaternary nitrogens is 1. The van der Waals surface area contributed by atoms with Gasteiger partial charge in [0.2, 0.25) is 17.5 Å². The molecule has 5 heteroatoms. The molecule has 3 aromatic carbocycles. The van der Waals surface area contributed by atoms with Crippen LogP contribution in [0.1, 0.15) is 34.3 Å². The number of oxazole rings is 1. The molecule has 0 atom stereocenters. The molecule has 164 valence electrons. The Morgan fingerprint density at radius 1 is 0.848 bits per heavy atom. The van der Waals surface area contributed by atoms with Crippen LogP contribution in [0.25, 0.3) is 0 Å². The van der Waals surface area contributed by atoms with Crippen molar-refractivity contribution in [3.63, 3.8) is 0 Å². The molecule has 4 aromatic rings. The summed E-state index contributed by atoms with van der Waals surface area (Å²) >= 11 is 0. The summed E-state index contributed by atoms with van der Waals surface area (Å²) in [6.45, 7) is 3.54. The summed E-state index contributed by atoms with van der Waals surface area (Å²) in [6.07, 6.45) is 0.588. The molecule has 0 saturated carbocycles. The molecule has 0 bridgehead atoms. The Morgan fingerprint density at radius 3 is 1.94 bits per heavy atom. The molecule has 5 rings (SSSR count). The topological polar surface area (TPSA) is 57.5 Å². The second kappa shape index (κ2) is 9.72. The van der Waals surface area contributed by atoms with Crippen LogP contribution in [-0.2, 0) is 6.42 Å². The highest BCUT2D eigenvalue weighted by Gasteiger charge is 2.32. The van der Waals surface area contributed by atoms with Gasteiger partial charge in [-0.2, -0.15) is 5.26 Å². The van der Waals surface area contributed by atoms with Crippen molar-refractivity contribution in [2.75, 3.05) is 31.1 Å². The summed E-state index contributed by atoms with van der Waals surface area (Å²) in [4.78, 5) is 8.17. The third kappa shape index (κ3) is 4.67. The summed E-state index contributed by atoms with van der Waals surface area (Å²) < 4.78 is 6.10. The van der Waals surface area contributed by atoms with Gasteiger partial charge in [0.05, 0.1) is 26.2 Å². The first-order valence-electron chi connectivity index (χ1n) is 11.4. The van der Waals surface area contributed by atoms with E-state index in [4.69, 9.17) is 4.42 Å². The molecule has 33 heavy (non-hydrogen) atoms. The van der Waals surface area contributed by atoms with Gasteiger partial charge in [0.15, 0.2) is 0 Å². The van der Waals surface area contributed by atoms with Crippen LogP contribution in [0.15, 0.2) is 95.4 Å². The number of anilines is 1. The molecule has 1 fully saturated rings. The van der Waals surface area contributed by atoms with E-state index in [1.807, 2.05) is 30.3 Å². The molecule has 5 nitrogen and oxygen atoms in total. The third-order valence-electron chi connectivity index (χ3n) is 6.32. The van der Waals surface area contributed by atoms with Gasteiger partial charge >= 0.3 is 0 Å². The number of nitrogens with zero attached hydrogens (tertiary/aromatic N) is 3. The molecule has 0 spiro atoms. The fourth-order valence-electron chi connectivity index (χ4n) is 4.73. The average Bonchev–Trinajstić information content (AvgIpc) is 3.29. The summed E-state index contributed by atoms with van der Waals surface area (Å²) in [5.74, 6) is 1.20. The van der Waals surface area contributed by atoms with E-state index in [2.05, 4.69) is 76.6 Å². The number of hydrogen-bond acceptors (Lipinski definition) is 4. The highest BCUT2D eigenvalue weighted by molar-refractivity contribution is 5.48. The van der Waals surface area contributed by atoms with Gasteiger partial charge < -0.3 is 14.2 Å². The van der Waals surface area contributed by atoms with Crippen LogP contribution in [-0.4, -0.2) is 31.2 Å². The molecule has 2 heterocycles. The summed E-state index contributed by atoms with van der Waals surface area (Å²) in [5, 5.41) is 9.66. The quantitative estimate of drug-likeness (QED) is 0.503. The van der Waals surface area contributed by atoms with E-state index >= 15 is 0 Å². The number of nitriles is 1. The van der Waals surface area contributed by atoms with Gasteiger partial charge in [-0.1, -0.05) is 91.0 Å². The zero-order valence-corrected chi connectivity index (χ0v) is 18.5. The molecule has 0 aliphatic carbocycles. The summed E-state index contributed by atoms with van der Waals surface area (Å²) in [5.41, 5.74) is 4.16. The van der Waals surface area contributed by atoms with Gasteiger partial charge in [-0.25, -0.2) is 4.98 Å². The van der Waals surface area contributed by atoms with Crippen molar-refractivity contribution in [3.8, 4) is 6.07 Å². The van der Waals surface area contributed by atoms with Crippen molar-refractivity contribution in [1.82, 2.24) is 4.98 Å². The normalized spacial score (nSPS) is 14.4. The van der Waals surface area contributed by atoms with Crippen molar-refractivity contribution < 1.29 is 9.32 Å². The van der Waals surface area contributed by atoms with Crippen molar-refractivity contribution in [2.45, 2.75) is 12.5 Å². The lowest BCUT2D eigenvalue weighted by atomic mass is 9.96. The minimum Gasteiger partial charge on any atom is -0.423 e. The van der Waals surface area contributed by atoms with Gasteiger partial charge in [-0.3, -0.25) is 0 Å². The maximum Gasteiger partial charge on any atom is 0.235 e. The van der Waals surface area contributed by atoms with Crippen molar-refractivity contribution >= 4 is 5.88 Å². The van der Waals surface area contributed by atoms with Gasteiger partial charge in [0.25, 0.3) is 0 Å². The molecule has 0 amide bonds. The number of benzene rings is 3. The lowest BCUT2D eigenvalue weighted by Crippen LogP contribution is -3.15. The van der Waals surface area contributed by atoms with Crippen molar-refractivity contribution in [1.29, 1.82) is 5.26 Å². The lowest BCUT2D eigenvalue weighted by Gasteiger charge is -2.36. The molecule has 0 radical (unpaired) electrons. The van der Waals surface area contributed by atoms with E-state index in [9.17, 15) is 5.26 Å². The molecule has 0 unspecified atom stereocenters. The van der Waals surface area contributed by atoms with Gasteiger partial charge in [-0.15, -0.1) is 0 Å². The second-order valence-corrected chi connectivity index (χ2v) is 8.44. The Kier molecular flexibility index (Phi) is 6.19. The number of hydrogen-bond donors (Lipinski definition) is 1. The Labute approximate surface area is 194 Å². The number of rotatable bonds is 6. The van der Waals surface area contributed by atoms with E-state index in [0.717, 1.165) is 31.7 Å². The predicted molar refractivity (Wildman–Crippen MR) is 128 cm³/mol. The summed E-state index contributed by atoms with van der Waals surface area (Å²) in [6, 6.07) is 34.1. The zero-order valence-electron chi connectivity index (χ0n) is 18.5. The van der Waals surface area contributed by atoms with Crippen LogP contribution in [0.2, 0.25) is 0 Å². The highest BCUT2D eigenvalue weighted by atomic mass is 16.4. The predicted octanol–water partition coefficient (Wildman–Crippen LogP) is 3.63. The van der Waals surface area contributed by atoms with Crippen LogP contribution in [0.3, 0.4) is 0 Å². The fraction of sp³-hybridized carbons (Fsp3) is 0.214. The molecule has 1 aliphatic rings. The first-order chi connectivity index (χ1) is 16.3. The fourth-order valence-corrected chi connectivity index (χ4v) is 4.73. The first-order valence-corrected chi connectivity index (χ1v) is 11.4. The van der Waals surface area contributed by atoms with Crippen molar-refractivity contribution in [3.05, 3.63) is 119 Å². The van der Waals surface area contributed by atoms with Crippen LogP contribution in [0, 0.1) is 11.3 Å². The molecule has 1 saturated heterocycles. The second-order valence-electron chi connectivity index (χ2n) is 8.44. The average molecular weight is 436 g/mol. The number of nitrogens with one attached hydrogen (secondary N) is 1. The largest absolute Gasteiger partial charge is 0.423 e. The van der Waals surface area contributed by atoms with Crippen LogP contribution >= 0.6 is 0 Å². The van der Waals surface area contributed by atoms with Crippen LogP contribution < -0.4 is 9.80 Å². The van der Waals surface area contributed by atoms with E-state index < -0.39 is 0 Å². The minimum atomic E-state index is 0.286. The van der Waals surface area contributed by atoms with Crippen LogP contribution in [0.4, 0.5) is 5.88 Å². The van der Waals surface area contributed by atoms with Gasteiger partial charge in [0, 0.05) is 17.5 Å². The molecule has 1 aliphatic heterocycles. The molecule has 1 N–H and O–H groups in total. The monoisotopic (exact) mass is 435 g/mol. The SMILES string of the molecule is N#Cc1nc(Cc2ccccc2)oc1N1CC[NH+](C(c2ccccc2)c2ccccc2)CC1. The Morgan fingerprint density at radius 2 is 1.39 bits per heavy atom. The Balaban J connectivity index is 1.34. The van der Waals surface area contributed by atoms with Crippen LogP contribution in [0.5, 0.6) is 0 Å². The van der Waals surface area contributed by atoms with Gasteiger partial charge in [-0.05, 0) is 5.56 Å². The smallest absolute Gasteiger partial charge is 0.235 e. The Bertz CT molecular complexity index is 1170. The minimum absolute atomic E-state index is 0.286. The zero-order chi connectivity index (χ0) is 22.5. The lowest BCUT2D eigenvalue weighted by molar-refractivity contribution is -0.926. The first kappa shape index (κ1) is 21.0. The number of aromatic nitrogens is 1. The molecular formula is C28H27N4O+. The van der Waals surface area contributed by atoms with E-state index in [0.29, 0.717) is 23.9 Å². The van der Waals surface area contributed by atoms with Crippen molar-refractivity contribution in [2.24, 2.45) is 0 Å².